The van der Waals surface area contributed by atoms with Crippen LogP contribution in [0.5, 0.6) is 0 Å². The number of aryl methyl sites for hydroxylation is 1. The first-order valence-corrected chi connectivity index (χ1v) is 6.35. The van der Waals surface area contributed by atoms with E-state index in [9.17, 15) is 4.79 Å². The van der Waals surface area contributed by atoms with Crippen LogP contribution in [0, 0.1) is 0 Å². The monoisotopic (exact) mass is 277 g/mol. The lowest BCUT2D eigenvalue weighted by Gasteiger charge is -2.24. The fourth-order valence-electron chi connectivity index (χ4n) is 1.96. The van der Waals surface area contributed by atoms with E-state index in [4.69, 9.17) is 11.5 Å². The molecule has 4 N–H and O–H groups in total. The van der Waals surface area contributed by atoms with Gasteiger partial charge in [0.2, 0.25) is 5.91 Å². The molecule has 0 aliphatic carbocycles. The highest BCUT2D eigenvalue weighted by molar-refractivity contribution is 5.84. The Bertz CT molecular complexity index is 634. The molecule has 2 aromatic rings. The second-order valence-corrected chi connectivity index (χ2v) is 5.00. The number of nitrogen functional groups attached to an aromatic ring is 1. The van der Waals surface area contributed by atoms with Crippen LogP contribution in [0.4, 0.5) is 5.82 Å². The summed E-state index contributed by atoms with van der Waals surface area (Å²) in [4.78, 5) is 21.7. The summed E-state index contributed by atoms with van der Waals surface area (Å²) in [7, 11) is 1.79. The maximum atomic E-state index is 11.1. The number of fused-ring (bicyclic) bond motifs is 1. The summed E-state index contributed by atoms with van der Waals surface area (Å²) in [5.41, 5.74) is 11.8. The summed E-state index contributed by atoms with van der Waals surface area (Å²) in [5, 5.41) is 4.83. The van der Waals surface area contributed by atoms with Gasteiger partial charge in [0.05, 0.1) is 24.7 Å². The minimum Gasteiger partial charge on any atom is -0.383 e. The van der Waals surface area contributed by atoms with E-state index in [1.807, 2.05) is 18.7 Å². The molecule has 108 valence electrons. The summed E-state index contributed by atoms with van der Waals surface area (Å²) in [6.45, 7) is 4.53. The van der Waals surface area contributed by atoms with Crippen molar-refractivity contribution in [3.8, 4) is 0 Å². The first-order valence-electron chi connectivity index (χ1n) is 6.35. The van der Waals surface area contributed by atoms with Crippen LogP contribution in [0.3, 0.4) is 0 Å². The molecular weight excluding hydrogens is 258 g/mol. The number of nitrogens with zero attached hydrogens (tertiary/aromatic N) is 5. The summed E-state index contributed by atoms with van der Waals surface area (Å²) in [5.74, 6) is 0.558. The number of aromatic nitrogens is 4. The van der Waals surface area contributed by atoms with Gasteiger partial charge < -0.3 is 11.5 Å². The molecule has 0 aromatic carbocycles. The van der Waals surface area contributed by atoms with Gasteiger partial charge in [-0.15, -0.1) is 0 Å². The minimum absolute atomic E-state index is 0.148. The molecule has 0 radical (unpaired) electrons. The molecule has 8 nitrogen and oxygen atoms in total. The Balaban J connectivity index is 2.32. The van der Waals surface area contributed by atoms with Gasteiger partial charge >= 0.3 is 0 Å². The van der Waals surface area contributed by atoms with E-state index in [0.717, 1.165) is 5.39 Å². The molecule has 8 heteroatoms. The van der Waals surface area contributed by atoms with E-state index >= 15 is 0 Å². The number of carbonyl (C=O) groups is 1. The smallest absolute Gasteiger partial charge is 0.231 e. The average Bonchev–Trinajstić information content (AvgIpc) is 2.70. The molecule has 0 spiro atoms. The van der Waals surface area contributed by atoms with Crippen molar-refractivity contribution in [2.24, 2.45) is 12.8 Å². The van der Waals surface area contributed by atoms with Crippen molar-refractivity contribution in [1.29, 1.82) is 0 Å². The Kier molecular flexibility index (Phi) is 3.84. The van der Waals surface area contributed by atoms with Crippen LogP contribution in [0.25, 0.3) is 11.0 Å². The number of hydrogen-bond acceptors (Lipinski definition) is 6. The largest absolute Gasteiger partial charge is 0.383 e. The van der Waals surface area contributed by atoms with Gasteiger partial charge in [0, 0.05) is 13.1 Å². The summed E-state index contributed by atoms with van der Waals surface area (Å²) >= 11 is 0. The van der Waals surface area contributed by atoms with Crippen LogP contribution in [-0.2, 0) is 18.4 Å². The molecule has 0 aliphatic rings. The van der Waals surface area contributed by atoms with Gasteiger partial charge in [-0.2, -0.15) is 5.10 Å². The summed E-state index contributed by atoms with van der Waals surface area (Å²) < 4.78 is 1.64. The van der Waals surface area contributed by atoms with Gasteiger partial charge in [0.25, 0.3) is 0 Å². The van der Waals surface area contributed by atoms with E-state index < -0.39 is 0 Å². The molecule has 2 rings (SSSR count). The second kappa shape index (κ2) is 5.41. The number of primary amides is 1. The van der Waals surface area contributed by atoms with E-state index in [1.54, 1.807) is 17.9 Å². The van der Waals surface area contributed by atoms with Crippen LogP contribution in [0.2, 0.25) is 0 Å². The van der Waals surface area contributed by atoms with Crippen molar-refractivity contribution in [2.75, 3.05) is 12.3 Å². The van der Waals surface area contributed by atoms with Crippen molar-refractivity contribution >= 4 is 22.8 Å². The molecule has 20 heavy (non-hydrogen) atoms. The maximum Gasteiger partial charge on any atom is 0.231 e. The molecule has 2 heterocycles. The van der Waals surface area contributed by atoms with Gasteiger partial charge in [0.1, 0.15) is 11.6 Å². The predicted octanol–water partition coefficient (Wildman–Crippen LogP) is -0.359. The Morgan fingerprint density at radius 2 is 2.15 bits per heavy atom. The van der Waals surface area contributed by atoms with E-state index in [0.29, 0.717) is 23.8 Å². The van der Waals surface area contributed by atoms with Gasteiger partial charge in [0.15, 0.2) is 5.65 Å². The number of hydrogen-bond donors (Lipinski definition) is 2. The Labute approximate surface area is 116 Å². The van der Waals surface area contributed by atoms with Crippen LogP contribution >= 0.6 is 0 Å². The summed E-state index contributed by atoms with van der Waals surface area (Å²) in [6, 6.07) is 0.148. The molecular formula is C12H19N7O. The molecule has 2 aromatic heterocycles. The van der Waals surface area contributed by atoms with Crippen LogP contribution in [0.1, 0.15) is 19.7 Å². The Morgan fingerprint density at radius 1 is 1.45 bits per heavy atom. The average molecular weight is 277 g/mol. The number of amides is 1. The minimum atomic E-state index is -0.381. The lowest BCUT2D eigenvalue weighted by Crippen LogP contribution is -2.38. The highest BCUT2D eigenvalue weighted by Gasteiger charge is 2.16. The lowest BCUT2D eigenvalue weighted by molar-refractivity contribution is -0.119. The van der Waals surface area contributed by atoms with Crippen LogP contribution < -0.4 is 11.5 Å². The van der Waals surface area contributed by atoms with Gasteiger partial charge in [-0.25, -0.2) is 9.97 Å². The molecule has 1 amide bonds. The second-order valence-electron chi connectivity index (χ2n) is 5.00. The zero-order valence-electron chi connectivity index (χ0n) is 11.9. The first kappa shape index (κ1) is 14.2. The summed E-state index contributed by atoms with van der Waals surface area (Å²) in [6.07, 6.45) is 1.64. The van der Waals surface area contributed by atoms with Crippen LogP contribution in [0.15, 0.2) is 6.20 Å². The van der Waals surface area contributed by atoms with Gasteiger partial charge in [-0.1, -0.05) is 0 Å². The Hall–Kier alpha value is -2.22. The zero-order chi connectivity index (χ0) is 14.9. The molecule has 0 unspecified atom stereocenters. The van der Waals surface area contributed by atoms with Crippen molar-refractivity contribution in [3.05, 3.63) is 12.0 Å². The van der Waals surface area contributed by atoms with Crippen molar-refractivity contribution < 1.29 is 4.79 Å². The molecule has 0 saturated heterocycles. The molecule has 0 saturated carbocycles. The number of anilines is 1. The maximum absolute atomic E-state index is 11.1. The standard InChI is InChI=1S/C12H19N7O/c1-7(2)19(5-9(13)20)6-10-16-11(14)8-4-15-18(3)12(8)17-10/h4,7H,5-6H2,1-3H3,(H2,13,20)(H2,14,16,17). The van der Waals surface area contributed by atoms with Crippen molar-refractivity contribution in [1.82, 2.24) is 24.6 Å². The predicted molar refractivity (Wildman–Crippen MR) is 75.5 cm³/mol. The molecule has 0 atom stereocenters. The highest BCUT2D eigenvalue weighted by Crippen LogP contribution is 2.17. The highest BCUT2D eigenvalue weighted by atomic mass is 16.1. The third kappa shape index (κ3) is 2.85. The van der Waals surface area contributed by atoms with E-state index in [2.05, 4.69) is 15.1 Å². The van der Waals surface area contributed by atoms with Gasteiger partial charge in [-0.3, -0.25) is 14.4 Å². The zero-order valence-corrected chi connectivity index (χ0v) is 11.9. The number of nitrogens with two attached hydrogens (primary N) is 2. The van der Waals surface area contributed by atoms with E-state index in [-0.39, 0.29) is 18.5 Å². The third-order valence-corrected chi connectivity index (χ3v) is 3.10. The fourth-order valence-corrected chi connectivity index (χ4v) is 1.96. The fraction of sp³-hybridized carbons (Fsp3) is 0.500. The molecule has 0 bridgehead atoms. The normalized spacial score (nSPS) is 11.7. The third-order valence-electron chi connectivity index (χ3n) is 3.10. The van der Waals surface area contributed by atoms with Crippen LogP contribution in [-0.4, -0.2) is 43.1 Å². The lowest BCUT2D eigenvalue weighted by atomic mass is 10.3. The topological polar surface area (TPSA) is 116 Å². The first-order chi connectivity index (χ1) is 9.38. The number of rotatable bonds is 5. The molecule has 0 fully saturated rings. The van der Waals surface area contributed by atoms with Crippen molar-refractivity contribution in [3.63, 3.8) is 0 Å². The SMILES string of the molecule is CC(C)N(CC(N)=O)Cc1nc(N)c2cnn(C)c2n1. The quantitative estimate of drug-likeness (QED) is 0.771. The van der Waals surface area contributed by atoms with E-state index in [1.165, 1.54) is 0 Å². The molecule has 0 aliphatic heterocycles. The Morgan fingerprint density at radius 3 is 2.75 bits per heavy atom. The van der Waals surface area contributed by atoms with Gasteiger partial charge in [-0.05, 0) is 13.8 Å². The van der Waals surface area contributed by atoms with Crippen molar-refractivity contribution in [2.45, 2.75) is 26.4 Å². The number of carbonyl (C=O) groups excluding carboxylic acids is 1.